The van der Waals surface area contributed by atoms with Crippen LogP contribution in [0.25, 0.3) is 5.69 Å². The Morgan fingerprint density at radius 3 is 2.55 bits per heavy atom. The summed E-state index contributed by atoms with van der Waals surface area (Å²) in [5, 5.41) is 3.98. The first-order chi connectivity index (χ1) is 9.31. The molecule has 2 aromatic rings. The van der Waals surface area contributed by atoms with Crippen LogP contribution in [-0.4, -0.2) is 29.2 Å². The summed E-state index contributed by atoms with van der Waals surface area (Å²) in [6, 6.07) is 6.29. The fraction of sp³-hybridized carbons (Fsp3) is 0.273. The van der Waals surface area contributed by atoms with Crippen molar-refractivity contribution in [3.8, 4) is 5.69 Å². The highest BCUT2D eigenvalue weighted by Gasteiger charge is 2.22. The van der Waals surface area contributed by atoms with Crippen LogP contribution in [0.4, 0.5) is 5.95 Å². The lowest BCUT2D eigenvalue weighted by Gasteiger charge is -2.13. The second kappa shape index (κ2) is 5.51. The van der Waals surface area contributed by atoms with Crippen LogP contribution >= 0.6 is 15.9 Å². The minimum absolute atomic E-state index is 0.0564. The highest BCUT2D eigenvalue weighted by Crippen LogP contribution is 2.23. The van der Waals surface area contributed by atoms with Crippen molar-refractivity contribution in [2.45, 2.75) is 24.8 Å². The van der Waals surface area contributed by atoms with E-state index < -0.39 is 10.0 Å². The molecule has 0 aliphatic carbocycles. The number of nitrogens with two attached hydrogens (primary N) is 1. The molecule has 0 fully saturated rings. The van der Waals surface area contributed by atoms with Crippen molar-refractivity contribution in [1.82, 2.24) is 19.5 Å². The van der Waals surface area contributed by atoms with E-state index in [0.717, 1.165) is 0 Å². The fourth-order valence-electron chi connectivity index (χ4n) is 1.69. The Morgan fingerprint density at radius 1 is 1.35 bits per heavy atom. The lowest BCUT2D eigenvalue weighted by molar-refractivity contribution is 0.568. The Morgan fingerprint density at radius 2 is 2.00 bits per heavy atom. The summed E-state index contributed by atoms with van der Waals surface area (Å²) >= 11 is 3.20. The first-order valence-corrected chi connectivity index (χ1v) is 8.08. The zero-order chi connectivity index (χ0) is 14.9. The quantitative estimate of drug-likeness (QED) is 0.856. The van der Waals surface area contributed by atoms with E-state index in [1.807, 2.05) is 0 Å². The number of anilines is 1. The van der Waals surface area contributed by atoms with Gasteiger partial charge in [0.05, 0.1) is 5.69 Å². The summed E-state index contributed by atoms with van der Waals surface area (Å²) in [5.74, 6) is 0.0564. The van der Waals surface area contributed by atoms with Gasteiger partial charge in [-0.2, -0.15) is 4.98 Å². The lowest BCUT2D eigenvalue weighted by atomic mass is 10.3. The van der Waals surface area contributed by atoms with Crippen LogP contribution in [0.2, 0.25) is 0 Å². The normalized spacial score (nSPS) is 12.0. The molecule has 0 spiro atoms. The van der Waals surface area contributed by atoms with Crippen LogP contribution in [0.1, 0.15) is 13.8 Å². The largest absolute Gasteiger partial charge is 0.366 e. The minimum Gasteiger partial charge on any atom is -0.366 e. The zero-order valence-electron chi connectivity index (χ0n) is 10.9. The second-order valence-corrected chi connectivity index (χ2v) is 6.79. The maximum Gasteiger partial charge on any atom is 0.242 e. The molecule has 0 saturated heterocycles. The van der Waals surface area contributed by atoms with E-state index in [1.54, 1.807) is 32.0 Å². The van der Waals surface area contributed by atoms with Gasteiger partial charge in [-0.25, -0.2) is 17.8 Å². The predicted octanol–water partition coefficient (Wildman–Crippen LogP) is 1.30. The Balaban J connectivity index is 2.60. The number of hydrogen-bond acceptors (Lipinski definition) is 5. The molecule has 0 atom stereocenters. The number of halogens is 1. The SMILES string of the molecule is CC(C)NS(=O)(=O)c1ccccc1-n1nc(N)nc1Br. The van der Waals surface area contributed by atoms with Gasteiger partial charge >= 0.3 is 0 Å². The summed E-state index contributed by atoms with van der Waals surface area (Å²) in [4.78, 5) is 4.01. The molecule has 3 N–H and O–H groups in total. The maximum absolute atomic E-state index is 12.3. The molecule has 0 amide bonds. The molecule has 0 unspecified atom stereocenters. The van der Waals surface area contributed by atoms with E-state index >= 15 is 0 Å². The Kier molecular flexibility index (Phi) is 4.11. The van der Waals surface area contributed by atoms with Gasteiger partial charge in [-0.3, -0.25) is 0 Å². The third-order valence-electron chi connectivity index (χ3n) is 2.36. The highest BCUT2D eigenvalue weighted by molar-refractivity contribution is 9.10. The maximum atomic E-state index is 12.3. The van der Waals surface area contributed by atoms with Crippen LogP contribution in [0.15, 0.2) is 33.9 Å². The molecule has 1 heterocycles. The molecule has 1 aromatic heterocycles. The van der Waals surface area contributed by atoms with Crippen LogP contribution in [0, 0.1) is 0 Å². The van der Waals surface area contributed by atoms with E-state index in [9.17, 15) is 8.42 Å². The lowest BCUT2D eigenvalue weighted by Crippen LogP contribution is -2.31. The van der Waals surface area contributed by atoms with Gasteiger partial charge in [0.1, 0.15) is 4.90 Å². The molecule has 0 saturated carbocycles. The predicted molar refractivity (Wildman–Crippen MR) is 78.9 cm³/mol. The summed E-state index contributed by atoms with van der Waals surface area (Å²) in [6.07, 6.45) is 0. The number of benzene rings is 1. The van der Waals surface area contributed by atoms with Crippen LogP contribution in [-0.2, 0) is 10.0 Å². The monoisotopic (exact) mass is 359 g/mol. The van der Waals surface area contributed by atoms with Crippen molar-refractivity contribution < 1.29 is 8.42 Å². The van der Waals surface area contributed by atoms with Gasteiger partial charge in [0, 0.05) is 6.04 Å². The average molecular weight is 360 g/mol. The van der Waals surface area contributed by atoms with Crippen LogP contribution in [0.3, 0.4) is 0 Å². The summed E-state index contributed by atoms with van der Waals surface area (Å²) < 4.78 is 28.9. The van der Waals surface area contributed by atoms with Gasteiger partial charge in [-0.1, -0.05) is 12.1 Å². The minimum atomic E-state index is -3.65. The van der Waals surface area contributed by atoms with E-state index in [-0.39, 0.29) is 16.9 Å². The van der Waals surface area contributed by atoms with Gasteiger partial charge in [0.2, 0.25) is 20.7 Å². The summed E-state index contributed by atoms with van der Waals surface area (Å²) in [6.45, 7) is 3.51. The number of sulfonamides is 1. The van der Waals surface area contributed by atoms with Gasteiger partial charge in [-0.05, 0) is 41.9 Å². The van der Waals surface area contributed by atoms with E-state index in [4.69, 9.17) is 5.73 Å². The Labute approximate surface area is 125 Å². The molecule has 0 bridgehead atoms. The molecule has 2 rings (SSSR count). The number of nitrogen functional groups attached to an aromatic ring is 1. The van der Waals surface area contributed by atoms with E-state index in [2.05, 4.69) is 30.7 Å². The molecule has 20 heavy (non-hydrogen) atoms. The van der Waals surface area contributed by atoms with Gasteiger partial charge in [0.15, 0.2) is 0 Å². The standard InChI is InChI=1S/C11H14BrN5O2S/c1-7(2)16-20(18,19)9-6-4-3-5-8(9)17-10(12)14-11(13)15-17/h3-7,16H,1-2H3,(H2,13,15). The number of nitrogens with one attached hydrogen (secondary N) is 1. The number of hydrogen-bond donors (Lipinski definition) is 2. The van der Waals surface area contributed by atoms with Crippen molar-refractivity contribution >= 4 is 31.9 Å². The van der Waals surface area contributed by atoms with Gasteiger partial charge in [0.25, 0.3) is 0 Å². The summed E-state index contributed by atoms with van der Waals surface area (Å²) in [5.41, 5.74) is 5.89. The number of aromatic nitrogens is 3. The molecule has 9 heteroatoms. The third kappa shape index (κ3) is 3.00. The van der Waals surface area contributed by atoms with Crippen molar-refractivity contribution in [2.75, 3.05) is 5.73 Å². The molecule has 0 aliphatic heterocycles. The molecule has 0 aliphatic rings. The smallest absolute Gasteiger partial charge is 0.242 e. The number of rotatable bonds is 4. The first-order valence-electron chi connectivity index (χ1n) is 5.81. The highest BCUT2D eigenvalue weighted by atomic mass is 79.9. The van der Waals surface area contributed by atoms with Crippen LogP contribution in [0.5, 0.6) is 0 Å². The Bertz CT molecular complexity index is 726. The van der Waals surface area contributed by atoms with Gasteiger partial charge in [-0.15, -0.1) is 5.10 Å². The molecular formula is C11H14BrN5O2S. The van der Waals surface area contributed by atoms with Gasteiger partial charge < -0.3 is 5.73 Å². The second-order valence-electron chi connectivity index (χ2n) is 4.39. The molecule has 1 aromatic carbocycles. The van der Waals surface area contributed by atoms with Crippen LogP contribution < -0.4 is 10.5 Å². The zero-order valence-corrected chi connectivity index (χ0v) is 13.3. The topological polar surface area (TPSA) is 103 Å². The average Bonchev–Trinajstić information content (AvgIpc) is 2.67. The molecule has 0 radical (unpaired) electrons. The van der Waals surface area contributed by atoms with Crippen molar-refractivity contribution in [3.63, 3.8) is 0 Å². The van der Waals surface area contributed by atoms with E-state index in [0.29, 0.717) is 10.4 Å². The van der Waals surface area contributed by atoms with Crippen molar-refractivity contribution in [1.29, 1.82) is 0 Å². The van der Waals surface area contributed by atoms with Crippen molar-refractivity contribution in [3.05, 3.63) is 29.0 Å². The van der Waals surface area contributed by atoms with Crippen molar-refractivity contribution in [2.24, 2.45) is 0 Å². The molecule has 7 nitrogen and oxygen atoms in total. The summed E-state index contributed by atoms with van der Waals surface area (Å²) in [7, 11) is -3.65. The number of para-hydroxylation sites is 1. The molecular weight excluding hydrogens is 346 g/mol. The third-order valence-corrected chi connectivity index (χ3v) is 4.58. The first kappa shape index (κ1) is 14.9. The molecule has 108 valence electrons. The number of nitrogens with zero attached hydrogens (tertiary/aromatic N) is 3. The fourth-order valence-corrected chi connectivity index (χ4v) is 3.58. The van der Waals surface area contributed by atoms with E-state index in [1.165, 1.54) is 10.7 Å². The Hall–Kier alpha value is -1.45.